The van der Waals surface area contributed by atoms with Gasteiger partial charge in [-0.3, -0.25) is 14.9 Å². The van der Waals surface area contributed by atoms with Crippen molar-refractivity contribution in [1.82, 2.24) is 9.62 Å². The van der Waals surface area contributed by atoms with Crippen molar-refractivity contribution < 1.29 is 32.3 Å². The highest BCUT2D eigenvalue weighted by atomic mass is 32.2. The number of rotatable bonds is 6. The summed E-state index contributed by atoms with van der Waals surface area (Å²) in [6.07, 6.45) is 2.31. The first-order chi connectivity index (χ1) is 16.3. The van der Waals surface area contributed by atoms with Crippen LogP contribution in [0.5, 0.6) is 5.75 Å². The number of thiophene rings is 1. The van der Waals surface area contributed by atoms with Gasteiger partial charge in [0, 0.05) is 11.4 Å². The minimum atomic E-state index is -3.91. The van der Waals surface area contributed by atoms with Gasteiger partial charge in [0.15, 0.2) is 0 Å². The molecule has 1 aromatic carbocycles. The van der Waals surface area contributed by atoms with Crippen LogP contribution in [0.1, 0.15) is 40.1 Å². The fraction of sp³-hybridized carbons (Fsp3) is 0.409. The van der Waals surface area contributed by atoms with Crippen molar-refractivity contribution in [3.8, 4) is 5.75 Å². The molecule has 12 heteroatoms. The Balaban J connectivity index is 1.58. The molecule has 1 unspecified atom stereocenters. The van der Waals surface area contributed by atoms with Gasteiger partial charge in [-0.1, -0.05) is 0 Å². The van der Waals surface area contributed by atoms with E-state index in [0.717, 1.165) is 30.4 Å². The molecular formula is C22H25N3O7S2. The number of aryl methyl sites for hydroxylation is 1. The van der Waals surface area contributed by atoms with Crippen molar-refractivity contribution in [3.63, 3.8) is 0 Å². The van der Waals surface area contributed by atoms with Crippen LogP contribution in [0.25, 0.3) is 0 Å². The van der Waals surface area contributed by atoms with Crippen molar-refractivity contribution in [2.75, 3.05) is 26.1 Å². The first-order valence-electron chi connectivity index (χ1n) is 10.8. The van der Waals surface area contributed by atoms with Crippen LogP contribution in [0.3, 0.4) is 0 Å². The van der Waals surface area contributed by atoms with Crippen LogP contribution < -0.4 is 15.4 Å². The number of carbonyl (C=O) groups excluding carboxylic acids is 3. The van der Waals surface area contributed by atoms with Crippen molar-refractivity contribution in [3.05, 3.63) is 40.3 Å². The zero-order valence-corrected chi connectivity index (χ0v) is 20.4. The highest BCUT2D eigenvalue weighted by molar-refractivity contribution is 7.89. The van der Waals surface area contributed by atoms with E-state index in [4.69, 9.17) is 4.74 Å². The number of imide groups is 1. The van der Waals surface area contributed by atoms with Gasteiger partial charge in [0.05, 0.1) is 24.7 Å². The van der Waals surface area contributed by atoms with Crippen molar-refractivity contribution >= 4 is 44.3 Å². The number of nitrogens with zero attached hydrogens (tertiary/aromatic N) is 1. The van der Waals surface area contributed by atoms with E-state index in [9.17, 15) is 22.8 Å². The average molecular weight is 508 g/mol. The number of amides is 3. The fourth-order valence-corrected chi connectivity index (χ4v) is 7.25. The van der Waals surface area contributed by atoms with Crippen molar-refractivity contribution in [2.24, 2.45) is 0 Å². The van der Waals surface area contributed by atoms with Crippen LogP contribution >= 0.6 is 11.3 Å². The lowest BCUT2D eigenvalue weighted by Gasteiger charge is -2.23. The van der Waals surface area contributed by atoms with E-state index in [1.54, 1.807) is 12.1 Å². The van der Waals surface area contributed by atoms with E-state index in [2.05, 4.69) is 15.4 Å². The number of hydrogen-bond donors (Lipinski definition) is 2. The number of hydrogen-bond acceptors (Lipinski definition) is 8. The standard InChI is InChI=1S/C22H25N3O7S2/c1-31-13-8-10-14(11-9-13)34(29,30)25-12-4-6-16(25)19(26)23-21-18(20(27)24-22(28)32-2)15-5-3-7-17(15)33-21/h8-11,16H,3-7,12H2,1-2H3,(H,23,26)(H,24,27,28). The molecule has 1 aliphatic carbocycles. The van der Waals surface area contributed by atoms with Crippen LogP contribution in [0.2, 0.25) is 0 Å². The van der Waals surface area contributed by atoms with Gasteiger partial charge in [0.25, 0.3) is 5.91 Å². The predicted molar refractivity (Wildman–Crippen MR) is 125 cm³/mol. The fourth-order valence-electron chi connectivity index (χ4n) is 4.31. The van der Waals surface area contributed by atoms with E-state index in [0.29, 0.717) is 30.0 Å². The molecule has 182 valence electrons. The smallest absolute Gasteiger partial charge is 0.413 e. The van der Waals surface area contributed by atoms with Gasteiger partial charge >= 0.3 is 6.09 Å². The lowest BCUT2D eigenvalue weighted by molar-refractivity contribution is -0.119. The van der Waals surface area contributed by atoms with Gasteiger partial charge in [-0.25, -0.2) is 13.2 Å². The Morgan fingerprint density at radius 1 is 1.09 bits per heavy atom. The molecule has 2 N–H and O–H groups in total. The third kappa shape index (κ3) is 4.52. The van der Waals surface area contributed by atoms with Gasteiger partial charge in [0.1, 0.15) is 16.8 Å². The Morgan fingerprint density at radius 3 is 2.50 bits per heavy atom. The Bertz CT molecular complexity index is 1220. The molecule has 10 nitrogen and oxygen atoms in total. The Morgan fingerprint density at radius 2 is 1.82 bits per heavy atom. The summed E-state index contributed by atoms with van der Waals surface area (Å²) >= 11 is 1.28. The summed E-state index contributed by atoms with van der Waals surface area (Å²) in [5.41, 5.74) is 1.04. The van der Waals surface area contributed by atoms with Crippen molar-refractivity contribution in [2.45, 2.75) is 43.0 Å². The highest BCUT2D eigenvalue weighted by Gasteiger charge is 2.40. The maximum atomic E-state index is 13.2. The lowest BCUT2D eigenvalue weighted by atomic mass is 10.1. The molecule has 2 heterocycles. The molecule has 4 rings (SSSR count). The summed E-state index contributed by atoms with van der Waals surface area (Å²) in [5, 5.41) is 5.22. The molecule has 2 aromatic rings. The van der Waals surface area contributed by atoms with E-state index in [-0.39, 0.29) is 17.0 Å². The van der Waals surface area contributed by atoms with E-state index in [1.807, 2.05) is 0 Å². The Labute approximate surface area is 201 Å². The van der Waals surface area contributed by atoms with Crippen LogP contribution in [0, 0.1) is 0 Å². The van der Waals surface area contributed by atoms with Crippen LogP contribution in [0.4, 0.5) is 9.80 Å². The second-order valence-corrected chi connectivity index (χ2v) is 10.9. The normalized spacial score (nSPS) is 17.8. The number of methoxy groups -OCH3 is 2. The predicted octanol–water partition coefficient (Wildman–Crippen LogP) is 2.53. The summed E-state index contributed by atoms with van der Waals surface area (Å²) < 4.78 is 37.3. The third-order valence-corrected chi connectivity index (χ3v) is 9.09. The molecule has 0 radical (unpaired) electrons. The molecular weight excluding hydrogens is 482 g/mol. The molecule has 1 aliphatic heterocycles. The number of nitrogens with one attached hydrogen (secondary N) is 2. The quantitative estimate of drug-likeness (QED) is 0.614. The number of anilines is 1. The summed E-state index contributed by atoms with van der Waals surface area (Å²) in [6, 6.07) is 5.08. The molecule has 1 saturated heterocycles. The number of carbonyl (C=O) groups is 3. The van der Waals surface area contributed by atoms with E-state index >= 15 is 0 Å². The average Bonchev–Trinajstić information content (AvgIpc) is 3.55. The molecule has 1 fully saturated rings. The van der Waals surface area contributed by atoms with Gasteiger partial charge in [-0.15, -0.1) is 11.3 Å². The maximum Gasteiger partial charge on any atom is 0.413 e. The van der Waals surface area contributed by atoms with Gasteiger partial charge in [-0.2, -0.15) is 4.31 Å². The zero-order valence-electron chi connectivity index (χ0n) is 18.8. The number of benzene rings is 1. The van der Waals surface area contributed by atoms with Crippen LogP contribution in [0.15, 0.2) is 29.2 Å². The van der Waals surface area contributed by atoms with Gasteiger partial charge in [-0.05, 0) is 61.9 Å². The third-order valence-electron chi connectivity index (χ3n) is 5.96. The molecule has 0 saturated carbocycles. The topological polar surface area (TPSA) is 131 Å². The van der Waals surface area contributed by atoms with E-state index in [1.165, 1.54) is 34.9 Å². The van der Waals surface area contributed by atoms with Crippen molar-refractivity contribution in [1.29, 1.82) is 0 Å². The van der Waals surface area contributed by atoms with E-state index < -0.39 is 34.0 Å². The largest absolute Gasteiger partial charge is 0.497 e. The monoisotopic (exact) mass is 507 g/mol. The highest BCUT2D eigenvalue weighted by Crippen LogP contribution is 2.39. The Hall–Kier alpha value is -2.96. The first-order valence-corrected chi connectivity index (χ1v) is 13.0. The second kappa shape index (κ2) is 9.72. The molecule has 0 bridgehead atoms. The van der Waals surface area contributed by atoms with Gasteiger partial charge in [0.2, 0.25) is 15.9 Å². The maximum absolute atomic E-state index is 13.2. The molecule has 3 amide bonds. The second-order valence-electron chi connectivity index (χ2n) is 7.95. The van der Waals surface area contributed by atoms with Crippen LogP contribution in [-0.2, 0) is 32.4 Å². The molecule has 2 aliphatic rings. The number of ether oxygens (including phenoxy) is 2. The zero-order chi connectivity index (χ0) is 24.5. The molecule has 34 heavy (non-hydrogen) atoms. The molecule has 1 atom stereocenters. The summed E-state index contributed by atoms with van der Waals surface area (Å²) in [6.45, 7) is 0.211. The summed E-state index contributed by atoms with van der Waals surface area (Å²) in [7, 11) is -1.27. The molecule has 1 aromatic heterocycles. The number of sulfonamides is 1. The Kier molecular flexibility index (Phi) is 6.91. The summed E-state index contributed by atoms with van der Waals surface area (Å²) in [5.74, 6) is -0.643. The minimum Gasteiger partial charge on any atom is -0.497 e. The number of alkyl carbamates (subject to hydrolysis) is 1. The minimum absolute atomic E-state index is 0.0706. The van der Waals surface area contributed by atoms with Crippen LogP contribution in [-0.4, -0.2) is 57.4 Å². The SMILES string of the molecule is COC(=O)NC(=O)c1c(NC(=O)C2CCCN2S(=O)(=O)c2ccc(OC)cc2)sc2c1CCC2. The van der Waals surface area contributed by atoms with Gasteiger partial charge < -0.3 is 14.8 Å². The molecule has 0 spiro atoms. The lowest BCUT2D eigenvalue weighted by Crippen LogP contribution is -2.43. The first kappa shape index (κ1) is 24.2. The summed E-state index contributed by atoms with van der Waals surface area (Å²) in [4.78, 5) is 38.6. The number of fused-ring (bicyclic) bond motifs is 1.